The molecule has 146 valence electrons. The molecule has 28 heavy (non-hydrogen) atoms. The summed E-state index contributed by atoms with van der Waals surface area (Å²) in [5, 5.41) is 9.16. The third-order valence-corrected chi connectivity index (χ3v) is 6.83. The minimum atomic E-state index is -3.78. The Balaban J connectivity index is 1.59. The normalized spacial score (nSPS) is 15.1. The molecule has 0 spiro atoms. The minimum absolute atomic E-state index is 0.00438. The molecule has 0 radical (unpaired) electrons. The molecule has 0 aromatic heterocycles. The lowest BCUT2D eigenvalue weighted by Gasteiger charge is -2.34. The van der Waals surface area contributed by atoms with Gasteiger partial charge in [0, 0.05) is 30.7 Å². The number of carbonyl (C=O) groups is 1. The number of nitriles is 1. The fraction of sp³-hybridized carbons (Fsp3) is 0.263. The molecule has 0 aliphatic carbocycles. The predicted molar refractivity (Wildman–Crippen MR) is 106 cm³/mol. The minimum Gasteiger partial charge on any atom is -0.484 e. The van der Waals surface area contributed by atoms with Crippen molar-refractivity contribution in [1.29, 1.82) is 5.26 Å². The zero-order chi connectivity index (χ0) is 20.1. The molecule has 1 heterocycles. The molecule has 0 N–H and O–H groups in total. The van der Waals surface area contributed by atoms with Gasteiger partial charge in [-0.25, -0.2) is 8.42 Å². The van der Waals surface area contributed by atoms with Gasteiger partial charge in [0.2, 0.25) is 10.0 Å². The van der Waals surface area contributed by atoms with Crippen molar-refractivity contribution in [2.75, 3.05) is 32.8 Å². The summed E-state index contributed by atoms with van der Waals surface area (Å²) in [7, 11) is -3.78. The highest BCUT2D eigenvalue weighted by molar-refractivity contribution is 9.10. The Labute approximate surface area is 172 Å². The number of amides is 1. The van der Waals surface area contributed by atoms with Gasteiger partial charge in [-0.05, 0) is 30.3 Å². The fourth-order valence-corrected chi connectivity index (χ4v) is 4.84. The number of piperazine rings is 1. The lowest BCUT2D eigenvalue weighted by Crippen LogP contribution is -2.51. The van der Waals surface area contributed by atoms with E-state index >= 15 is 0 Å². The molecule has 0 atom stereocenters. The SMILES string of the molecule is N#Cc1ccccc1S(=O)(=O)N1CCN(C(=O)COc2cccc(Br)c2)CC1. The smallest absolute Gasteiger partial charge is 0.260 e. The summed E-state index contributed by atoms with van der Waals surface area (Å²) in [6, 6.07) is 15.2. The number of hydrogen-bond acceptors (Lipinski definition) is 5. The molecule has 1 saturated heterocycles. The second-order valence-electron chi connectivity index (χ2n) is 6.14. The van der Waals surface area contributed by atoms with Crippen LogP contribution in [0.1, 0.15) is 5.56 Å². The molecular formula is C19H18BrN3O4S. The van der Waals surface area contributed by atoms with Crippen LogP contribution in [0, 0.1) is 11.3 Å². The van der Waals surface area contributed by atoms with Gasteiger partial charge in [0.15, 0.2) is 6.61 Å². The van der Waals surface area contributed by atoms with Crippen LogP contribution in [-0.4, -0.2) is 56.3 Å². The van der Waals surface area contributed by atoms with Gasteiger partial charge in [-0.1, -0.05) is 34.1 Å². The van der Waals surface area contributed by atoms with E-state index in [0.717, 1.165) is 4.47 Å². The van der Waals surface area contributed by atoms with E-state index in [0.29, 0.717) is 5.75 Å². The molecule has 7 nitrogen and oxygen atoms in total. The second kappa shape index (κ2) is 8.73. The summed E-state index contributed by atoms with van der Waals surface area (Å²) in [6.07, 6.45) is 0. The van der Waals surface area contributed by atoms with E-state index in [2.05, 4.69) is 15.9 Å². The van der Waals surface area contributed by atoms with Crippen molar-refractivity contribution in [3.63, 3.8) is 0 Å². The first kappa shape index (κ1) is 20.3. The van der Waals surface area contributed by atoms with Crippen molar-refractivity contribution in [1.82, 2.24) is 9.21 Å². The molecule has 1 fully saturated rings. The van der Waals surface area contributed by atoms with E-state index in [1.54, 1.807) is 29.2 Å². The molecular weight excluding hydrogens is 446 g/mol. The Morgan fingerprint density at radius 3 is 2.50 bits per heavy atom. The molecule has 1 aliphatic rings. The van der Waals surface area contributed by atoms with E-state index in [1.165, 1.54) is 16.4 Å². The molecule has 2 aromatic rings. The van der Waals surface area contributed by atoms with Crippen molar-refractivity contribution in [3.05, 3.63) is 58.6 Å². The number of halogens is 1. The van der Waals surface area contributed by atoms with Crippen LogP contribution >= 0.6 is 15.9 Å². The van der Waals surface area contributed by atoms with Crippen LogP contribution in [0.2, 0.25) is 0 Å². The average Bonchev–Trinajstić information content (AvgIpc) is 2.72. The van der Waals surface area contributed by atoms with Gasteiger partial charge in [0.1, 0.15) is 11.8 Å². The highest BCUT2D eigenvalue weighted by atomic mass is 79.9. The lowest BCUT2D eigenvalue weighted by atomic mass is 10.2. The third-order valence-electron chi connectivity index (χ3n) is 4.38. The van der Waals surface area contributed by atoms with Crippen molar-refractivity contribution >= 4 is 31.9 Å². The number of carbonyl (C=O) groups excluding carboxylic acids is 1. The Morgan fingerprint density at radius 1 is 1.11 bits per heavy atom. The topological polar surface area (TPSA) is 90.7 Å². The summed E-state index contributed by atoms with van der Waals surface area (Å²) in [6.45, 7) is 0.777. The van der Waals surface area contributed by atoms with Crippen molar-refractivity contribution in [2.45, 2.75) is 4.90 Å². The lowest BCUT2D eigenvalue weighted by molar-refractivity contribution is -0.134. The largest absolute Gasteiger partial charge is 0.484 e. The molecule has 2 aromatic carbocycles. The van der Waals surface area contributed by atoms with E-state index in [9.17, 15) is 13.2 Å². The monoisotopic (exact) mass is 463 g/mol. The van der Waals surface area contributed by atoms with Crippen LogP contribution in [0.4, 0.5) is 0 Å². The van der Waals surface area contributed by atoms with Crippen LogP contribution in [0.3, 0.4) is 0 Å². The van der Waals surface area contributed by atoms with Crippen LogP contribution in [-0.2, 0) is 14.8 Å². The summed E-state index contributed by atoms with van der Waals surface area (Å²) in [5.41, 5.74) is 0.114. The van der Waals surface area contributed by atoms with Gasteiger partial charge < -0.3 is 9.64 Å². The number of rotatable bonds is 5. The zero-order valence-electron chi connectivity index (χ0n) is 14.9. The quantitative estimate of drug-likeness (QED) is 0.677. The van der Waals surface area contributed by atoms with Gasteiger partial charge in [-0.3, -0.25) is 4.79 Å². The molecule has 0 unspecified atom stereocenters. The van der Waals surface area contributed by atoms with E-state index in [-0.39, 0.29) is 49.2 Å². The number of ether oxygens (including phenoxy) is 1. The summed E-state index contributed by atoms with van der Waals surface area (Å²) in [5.74, 6) is 0.381. The van der Waals surface area contributed by atoms with E-state index in [4.69, 9.17) is 10.00 Å². The maximum Gasteiger partial charge on any atom is 0.260 e. The average molecular weight is 464 g/mol. The van der Waals surface area contributed by atoms with Gasteiger partial charge in [0.25, 0.3) is 5.91 Å². The summed E-state index contributed by atoms with van der Waals surface area (Å²) >= 11 is 3.34. The van der Waals surface area contributed by atoms with Crippen molar-refractivity contribution in [3.8, 4) is 11.8 Å². The number of sulfonamides is 1. The van der Waals surface area contributed by atoms with Gasteiger partial charge in [0.05, 0.1) is 10.5 Å². The van der Waals surface area contributed by atoms with Crippen molar-refractivity contribution < 1.29 is 17.9 Å². The Bertz CT molecular complexity index is 1010. The zero-order valence-corrected chi connectivity index (χ0v) is 17.3. The molecule has 3 rings (SSSR count). The van der Waals surface area contributed by atoms with E-state index in [1.807, 2.05) is 18.2 Å². The standard InChI is InChI=1S/C19H18BrN3O4S/c20-16-5-3-6-17(12-16)27-14-19(24)22-8-10-23(11-9-22)28(25,26)18-7-2-1-4-15(18)13-21/h1-7,12H,8-11,14H2. The van der Waals surface area contributed by atoms with Gasteiger partial charge >= 0.3 is 0 Å². The first-order valence-corrected chi connectivity index (χ1v) is 10.8. The van der Waals surface area contributed by atoms with Crippen LogP contribution in [0.25, 0.3) is 0 Å². The Morgan fingerprint density at radius 2 is 1.82 bits per heavy atom. The first-order valence-electron chi connectivity index (χ1n) is 8.57. The van der Waals surface area contributed by atoms with Crippen LogP contribution in [0.5, 0.6) is 5.75 Å². The predicted octanol–water partition coefficient (Wildman–Crippen LogP) is 2.23. The number of benzene rings is 2. The number of nitrogens with zero attached hydrogens (tertiary/aromatic N) is 3. The first-order chi connectivity index (χ1) is 13.4. The summed E-state index contributed by atoms with van der Waals surface area (Å²) in [4.78, 5) is 13.9. The maximum absolute atomic E-state index is 12.8. The molecule has 0 saturated carbocycles. The van der Waals surface area contributed by atoms with Crippen molar-refractivity contribution in [2.24, 2.45) is 0 Å². The van der Waals surface area contributed by atoms with Crippen LogP contribution < -0.4 is 4.74 Å². The Kier molecular flexibility index (Phi) is 6.34. The highest BCUT2D eigenvalue weighted by Crippen LogP contribution is 2.21. The summed E-state index contributed by atoms with van der Waals surface area (Å²) < 4.78 is 33.3. The fourth-order valence-electron chi connectivity index (χ4n) is 2.89. The Hall–Kier alpha value is -2.41. The van der Waals surface area contributed by atoms with Crippen LogP contribution in [0.15, 0.2) is 57.9 Å². The van der Waals surface area contributed by atoms with Gasteiger partial charge in [-0.2, -0.15) is 9.57 Å². The highest BCUT2D eigenvalue weighted by Gasteiger charge is 2.31. The molecule has 0 bridgehead atoms. The molecule has 1 amide bonds. The second-order valence-corrected chi connectivity index (χ2v) is 8.96. The molecule has 1 aliphatic heterocycles. The number of hydrogen-bond donors (Lipinski definition) is 0. The van der Waals surface area contributed by atoms with Gasteiger partial charge in [-0.15, -0.1) is 0 Å². The van der Waals surface area contributed by atoms with E-state index < -0.39 is 10.0 Å². The third kappa shape index (κ3) is 4.52. The maximum atomic E-state index is 12.8. The molecule has 9 heteroatoms.